The van der Waals surface area contributed by atoms with Gasteiger partial charge in [0.05, 0.1) is 23.0 Å². The number of nitrogens with one attached hydrogen (secondary N) is 2. The highest BCUT2D eigenvalue weighted by Crippen LogP contribution is 2.45. The van der Waals surface area contributed by atoms with Crippen molar-refractivity contribution in [1.29, 1.82) is 0 Å². The number of hydrogen-bond donors (Lipinski definition) is 2. The zero-order chi connectivity index (χ0) is 26.6. The summed E-state index contributed by atoms with van der Waals surface area (Å²) < 4.78 is 76.3. The molecule has 13 heteroatoms. The highest BCUT2D eigenvalue weighted by atomic mass is 35.5. The number of halogens is 4. The van der Waals surface area contributed by atoms with Gasteiger partial charge in [0.1, 0.15) is 0 Å². The number of H-pyrrole nitrogens is 1. The fraction of sp³-hybridized carbons (Fsp3) is 0.304. The van der Waals surface area contributed by atoms with E-state index in [-0.39, 0.29) is 16.3 Å². The number of cyclic esters (lactones) is 2. The number of rotatable bonds is 5. The molecule has 1 aliphatic rings. The minimum absolute atomic E-state index is 0.0469. The van der Waals surface area contributed by atoms with E-state index < -0.39 is 51.3 Å². The molecule has 1 aromatic heterocycles. The molecule has 0 bridgehead atoms. The van der Waals surface area contributed by atoms with Crippen molar-refractivity contribution in [3.05, 3.63) is 64.3 Å². The SMILES string of the molecule is CC1(C)OC(=O)C(C(c2ccc(C(F)(F)F)cc2Cl)c2c[nH]c3c(NS(C)(=O)=O)cccc23)C(=O)O1. The molecule has 2 heterocycles. The molecule has 1 atom stereocenters. The first-order valence-corrected chi connectivity index (χ1v) is 12.7. The van der Waals surface area contributed by atoms with Crippen molar-refractivity contribution in [2.45, 2.75) is 31.7 Å². The standard InChI is InChI=1S/C23H20ClF3N2O6S/c1-22(2)34-20(30)18(21(31)35-22)17(13-8-7-11(9-15(13)24)23(25,26)27)14-10-28-19-12(14)5-4-6-16(19)29-36(3,32)33/h4-10,17-18,28-29H,1-3H3. The lowest BCUT2D eigenvalue weighted by Gasteiger charge is -2.36. The molecule has 0 amide bonds. The normalized spacial score (nSPS) is 17.5. The van der Waals surface area contributed by atoms with Gasteiger partial charge in [0.25, 0.3) is 5.79 Å². The first-order chi connectivity index (χ1) is 16.6. The third-order valence-corrected chi connectivity index (χ3v) is 6.49. The molecule has 1 unspecified atom stereocenters. The number of alkyl halides is 3. The molecule has 3 aromatic rings. The van der Waals surface area contributed by atoms with Crippen LogP contribution in [0.3, 0.4) is 0 Å². The zero-order valence-corrected chi connectivity index (χ0v) is 20.6. The summed E-state index contributed by atoms with van der Waals surface area (Å²) in [4.78, 5) is 28.9. The quantitative estimate of drug-likeness (QED) is 0.352. The van der Waals surface area contributed by atoms with E-state index in [4.69, 9.17) is 21.1 Å². The van der Waals surface area contributed by atoms with Crippen molar-refractivity contribution in [3.8, 4) is 0 Å². The minimum atomic E-state index is -4.67. The maximum Gasteiger partial charge on any atom is 0.416 e. The van der Waals surface area contributed by atoms with Crippen LogP contribution in [-0.4, -0.2) is 37.4 Å². The van der Waals surface area contributed by atoms with Crippen LogP contribution in [0.5, 0.6) is 0 Å². The molecule has 0 spiro atoms. The molecule has 1 saturated heterocycles. The number of benzene rings is 2. The van der Waals surface area contributed by atoms with Gasteiger partial charge in [-0.3, -0.25) is 14.3 Å². The number of anilines is 1. The Morgan fingerprint density at radius 2 is 1.72 bits per heavy atom. The van der Waals surface area contributed by atoms with Gasteiger partial charge in [-0.2, -0.15) is 13.2 Å². The molecule has 2 aromatic carbocycles. The molecule has 1 fully saturated rings. The second-order valence-electron chi connectivity index (χ2n) is 8.78. The van der Waals surface area contributed by atoms with Crippen molar-refractivity contribution in [3.63, 3.8) is 0 Å². The summed E-state index contributed by atoms with van der Waals surface area (Å²) in [5.74, 6) is -6.25. The fourth-order valence-electron chi connectivity index (χ4n) is 4.20. The van der Waals surface area contributed by atoms with Crippen LogP contribution >= 0.6 is 11.6 Å². The monoisotopic (exact) mass is 544 g/mol. The van der Waals surface area contributed by atoms with E-state index in [0.29, 0.717) is 22.5 Å². The Hall–Kier alpha value is -3.25. The van der Waals surface area contributed by atoms with Crippen LogP contribution in [0, 0.1) is 5.92 Å². The van der Waals surface area contributed by atoms with E-state index in [1.54, 1.807) is 12.1 Å². The predicted molar refractivity (Wildman–Crippen MR) is 125 cm³/mol. The maximum absolute atomic E-state index is 13.3. The average Bonchev–Trinajstić information content (AvgIpc) is 3.13. The van der Waals surface area contributed by atoms with Gasteiger partial charge in [-0.05, 0) is 29.3 Å². The number of esters is 2. The number of sulfonamides is 1. The van der Waals surface area contributed by atoms with Gasteiger partial charge in [-0.25, -0.2) is 8.42 Å². The summed E-state index contributed by atoms with van der Waals surface area (Å²) in [7, 11) is -3.65. The summed E-state index contributed by atoms with van der Waals surface area (Å²) in [5.41, 5.74) is -0.158. The van der Waals surface area contributed by atoms with E-state index in [2.05, 4.69) is 9.71 Å². The lowest BCUT2D eigenvalue weighted by atomic mass is 9.79. The smallest absolute Gasteiger partial charge is 0.416 e. The highest BCUT2D eigenvalue weighted by Gasteiger charge is 2.49. The number of aromatic nitrogens is 1. The van der Waals surface area contributed by atoms with Crippen LogP contribution in [-0.2, 0) is 35.3 Å². The van der Waals surface area contributed by atoms with Gasteiger partial charge >= 0.3 is 18.1 Å². The van der Waals surface area contributed by atoms with Gasteiger partial charge in [0.2, 0.25) is 10.0 Å². The molecule has 0 saturated carbocycles. The Bertz CT molecular complexity index is 1460. The van der Waals surface area contributed by atoms with Gasteiger partial charge in [0, 0.05) is 36.4 Å². The number of para-hydroxylation sites is 1. The van der Waals surface area contributed by atoms with Crippen molar-refractivity contribution in [1.82, 2.24) is 4.98 Å². The van der Waals surface area contributed by atoms with E-state index in [9.17, 15) is 31.2 Å². The van der Waals surface area contributed by atoms with Crippen LogP contribution in [0.15, 0.2) is 42.6 Å². The third-order valence-electron chi connectivity index (χ3n) is 5.57. The molecule has 36 heavy (non-hydrogen) atoms. The highest BCUT2D eigenvalue weighted by molar-refractivity contribution is 7.92. The topological polar surface area (TPSA) is 115 Å². The largest absolute Gasteiger partial charge is 0.422 e. The molecule has 192 valence electrons. The number of aromatic amines is 1. The molecule has 0 radical (unpaired) electrons. The van der Waals surface area contributed by atoms with Crippen LogP contribution in [0.25, 0.3) is 10.9 Å². The summed E-state index contributed by atoms with van der Waals surface area (Å²) in [6.07, 6.45) is -2.27. The van der Waals surface area contributed by atoms with Crippen LogP contribution in [0.2, 0.25) is 5.02 Å². The van der Waals surface area contributed by atoms with Crippen LogP contribution in [0.4, 0.5) is 18.9 Å². The van der Waals surface area contributed by atoms with E-state index in [1.807, 2.05) is 0 Å². The summed E-state index contributed by atoms with van der Waals surface area (Å²) in [6.45, 7) is 2.74. The Morgan fingerprint density at radius 1 is 1.08 bits per heavy atom. The van der Waals surface area contributed by atoms with Crippen molar-refractivity contribution >= 4 is 50.2 Å². The molecular weight excluding hydrogens is 525 g/mol. The van der Waals surface area contributed by atoms with Crippen molar-refractivity contribution < 1.29 is 40.7 Å². The summed E-state index contributed by atoms with van der Waals surface area (Å²) in [5, 5.41) is 0.0649. The Balaban J connectivity index is 1.94. The first kappa shape index (κ1) is 25.8. The number of hydrogen-bond acceptors (Lipinski definition) is 6. The number of carbonyl (C=O) groups is 2. The summed E-state index contributed by atoms with van der Waals surface area (Å²) >= 11 is 6.28. The Labute approximate surface area is 208 Å². The predicted octanol–water partition coefficient (Wildman–Crippen LogP) is 4.80. The minimum Gasteiger partial charge on any atom is -0.422 e. The second-order valence-corrected chi connectivity index (χ2v) is 10.9. The number of carbonyl (C=O) groups excluding carboxylic acids is 2. The van der Waals surface area contributed by atoms with Crippen LogP contribution < -0.4 is 4.72 Å². The Kier molecular flexibility index (Phi) is 6.24. The molecule has 8 nitrogen and oxygen atoms in total. The number of ether oxygens (including phenoxy) is 2. The molecule has 2 N–H and O–H groups in total. The van der Waals surface area contributed by atoms with Gasteiger partial charge in [-0.1, -0.05) is 29.8 Å². The molecule has 1 aliphatic heterocycles. The maximum atomic E-state index is 13.3. The van der Waals surface area contributed by atoms with Gasteiger partial charge in [-0.15, -0.1) is 0 Å². The van der Waals surface area contributed by atoms with Gasteiger partial charge < -0.3 is 14.5 Å². The first-order valence-electron chi connectivity index (χ1n) is 10.5. The van der Waals surface area contributed by atoms with Crippen molar-refractivity contribution in [2.24, 2.45) is 5.92 Å². The van der Waals surface area contributed by atoms with E-state index in [1.165, 1.54) is 26.1 Å². The van der Waals surface area contributed by atoms with Gasteiger partial charge in [0.15, 0.2) is 5.92 Å². The Morgan fingerprint density at radius 3 is 2.28 bits per heavy atom. The molecule has 4 rings (SSSR count). The van der Waals surface area contributed by atoms with Crippen LogP contribution in [0.1, 0.15) is 36.5 Å². The van der Waals surface area contributed by atoms with E-state index in [0.717, 1.165) is 18.4 Å². The summed E-state index contributed by atoms with van der Waals surface area (Å²) in [6, 6.07) is 7.23. The van der Waals surface area contributed by atoms with Crippen molar-refractivity contribution in [2.75, 3.05) is 11.0 Å². The molecule has 0 aliphatic carbocycles. The lowest BCUT2D eigenvalue weighted by molar-refractivity contribution is -0.240. The fourth-order valence-corrected chi connectivity index (χ4v) is 5.07. The average molecular weight is 545 g/mol. The molecular formula is C23H20ClF3N2O6S. The lowest BCUT2D eigenvalue weighted by Crippen LogP contribution is -2.48. The van der Waals surface area contributed by atoms with E-state index >= 15 is 0 Å². The second kappa shape index (κ2) is 8.70. The number of fused-ring (bicyclic) bond motifs is 1. The third kappa shape index (κ3) is 5.00. The zero-order valence-electron chi connectivity index (χ0n) is 19.1.